The van der Waals surface area contributed by atoms with Gasteiger partial charge in [0.2, 0.25) is 11.6 Å². The number of aromatic amines is 1. The van der Waals surface area contributed by atoms with Crippen LogP contribution in [0.4, 0.5) is 13.2 Å². The number of ether oxygens (including phenoxy) is 2. The minimum absolute atomic E-state index is 0.00941. The lowest BCUT2D eigenvalue weighted by molar-refractivity contribution is -0.142. The molecule has 0 saturated carbocycles. The first-order chi connectivity index (χ1) is 13.2. The maximum atomic E-state index is 13.5. The van der Waals surface area contributed by atoms with E-state index < -0.39 is 29.0 Å². The van der Waals surface area contributed by atoms with Crippen LogP contribution in [0, 0.1) is 0 Å². The predicted molar refractivity (Wildman–Crippen MR) is 90.4 cm³/mol. The van der Waals surface area contributed by atoms with E-state index in [0.29, 0.717) is 0 Å². The predicted octanol–water partition coefficient (Wildman–Crippen LogP) is 4.08. The fraction of sp³-hybridized carbons (Fsp3) is 0.200. The van der Waals surface area contributed by atoms with Crippen LogP contribution in [0.5, 0.6) is 11.5 Å². The standard InChI is InChI=1S/C15H9Cl2F3N4O4/c1-26-5-9-21-13(24-28-9)12-22-11(15(18,19)20)10(14(25)23-12)27-6-2-3-7(16)8(17)4-6/h2-4H,5H2,1H3,(H,22,23,25). The molecule has 0 aliphatic heterocycles. The van der Waals surface area contributed by atoms with Crippen molar-refractivity contribution < 1.29 is 27.2 Å². The molecule has 28 heavy (non-hydrogen) atoms. The number of hydrogen-bond donors (Lipinski definition) is 1. The van der Waals surface area contributed by atoms with E-state index in [1.807, 2.05) is 0 Å². The van der Waals surface area contributed by atoms with Gasteiger partial charge in [-0.1, -0.05) is 28.4 Å². The molecule has 1 aromatic carbocycles. The van der Waals surface area contributed by atoms with Crippen molar-refractivity contribution in [3.63, 3.8) is 0 Å². The number of H-pyrrole nitrogens is 1. The molecule has 1 N–H and O–H groups in total. The quantitative estimate of drug-likeness (QED) is 0.642. The van der Waals surface area contributed by atoms with Crippen molar-refractivity contribution in [3.05, 3.63) is 50.2 Å². The fourth-order valence-electron chi connectivity index (χ4n) is 2.05. The topological polar surface area (TPSA) is 103 Å². The van der Waals surface area contributed by atoms with Gasteiger partial charge in [-0.05, 0) is 12.1 Å². The SMILES string of the molecule is COCc1nc(-c2nc(C(F)(F)F)c(Oc3ccc(Cl)c(Cl)c3)c(=O)[nH]2)no1. The van der Waals surface area contributed by atoms with Gasteiger partial charge in [0.15, 0.2) is 11.5 Å². The number of halogens is 5. The van der Waals surface area contributed by atoms with Crippen LogP contribution in [0.1, 0.15) is 11.6 Å². The molecule has 0 aliphatic rings. The Morgan fingerprint density at radius 1 is 1.21 bits per heavy atom. The molecule has 0 aliphatic carbocycles. The third-order valence-corrected chi connectivity index (χ3v) is 3.94. The third-order valence-electron chi connectivity index (χ3n) is 3.20. The van der Waals surface area contributed by atoms with E-state index in [1.54, 1.807) is 0 Å². The van der Waals surface area contributed by atoms with Gasteiger partial charge < -0.3 is 19.0 Å². The molecule has 0 radical (unpaired) electrons. The normalized spacial score (nSPS) is 11.6. The molecule has 0 bridgehead atoms. The highest BCUT2D eigenvalue weighted by Crippen LogP contribution is 2.36. The molecular weight excluding hydrogens is 428 g/mol. The Kier molecular flexibility index (Phi) is 5.59. The molecule has 0 amide bonds. The Balaban J connectivity index is 2.07. The minimum Gasteiger partial charge on any atom is -0.449 e. The summed E-state index contributed by atoms with van der Waals surface area (Å²) in [7, 11) is 1.36. The molecule has 0 saturated heterocycles. The Hall–Kier alpha value is -2.63. The average molecular weight is 437 g/mol. The molecule has 0 atom stereocenters. The summed E-state index contributed by atoms with van der Waals surface area (Å²) in [5.41, 5.74) is -2.78. The highest BCUT2D eigenvalue weighted by atomic mass is 35.5. The number of methoxy groups -OCH3 is 1. The molecule has 0 unspecified atom stereocenters. The summed E-state index contributed by atoms with van der Waals surface area (Å²) in [5, 5.41) is 3.66. The molecule has 0 fully saturated rings. The van der Waals surface area contributed by atoms with Gasteiger partial charge >= 0.3 is 6.18 Å². The summed E-state index contributed by atoms with van der Waals surface area (Å²) in [6.45, 7) is -0.0676. The number of aromatic nitrogens is 4. The van der Waals surface area contributed by atoms with Gasteiger partial charge in [-0.2, -0.15) is 18.2 Å². The first-order valence-corrected chi connectivity index (χ1v) is 8.11. The van der Waals surface area contributed by atoms with Gasteiger partial charge in [-0.15, -0.1) is 0 Å². The smallest absolute Gasteiger partial charge is 0.437 e. The molecular formula is C15H9Cl2F3N4O4. The lowest BCUT2D eigenvalue weighted by atomic mass is 10.3. The van der Waals surface area contributed by atoms with Crippen LogP contribution in [0.2, 0.25) is 10.0 Å². The largest absolute Gasteiger partial charge is 0.449 e. The third kappa shape index (κ3) is 4.26. The summed E-state index contributed by atoms with van der Waals surface area (Å²) in [4.78, 5) is 21.6. The lowest BCUT2D eigenvalue weighted by Crippen LogP contribution is -2.21. The second kappa shape index (κ2) is 7.78. The van der Waals surface area contributed by atoms with Gasteiger partial charge in [-0.3, -0.25) is 4.79 Å². The van der Waals surface area contributed by atoms with Crippen molar-refractivity contribution in [3.8, 4) is 23.1 Å². The van der Waals surface area contributed by atoms with Crippen molar-refractivity contribution in [2.75, 3.05) is 7.11 Å². The highest BCUT2D eigenvalue weighted by Gasteiger charge is 2.39. The van der Waals surface area contributed by atoms with Crippen LogP contribution in [0.3, 0.4) is 0 Å². The number of hydrogen-bond acceptors (Lipinski definition) is 7. The number of nitrogens with zero attached hydrogens (tertiary/aromatic N) is 3. The van der Waals surface area contributed by atoms with Crippen molar-refractivity contribution in [1.82, 2.24) is 20.1 Å². The van der Waals surface area contributed by atoms with Crippen molar-refractivity contribution in [1.29, 1.82) is 0 Å². The zero-order valence-electron chi connectivity index (χ0n) is 13.8. The van der Waals surface area contributed by atoms with E-state index in [0.717, 1.165) is 6.07 Å². The van der Waals surface area contributed by atoms with Crippen molar-refractivity contribution >= 4 is 23.2 Å². The van der Waals surface area contributed by atoms with E-state index in [4.69, 9.17) is 37.2 Å². The maximum Gasteiger partial charge on any atom is 0.437 e. The molecule has 0 spiro atoms. The second-order valence-electron chi connectivity index (χ2n) is 5.21. The van der Waals surface area contributed by atoms with Crippen LogP contribution in [0.15, 0.2) is 27.5 Å². The molecule has 13 heteroatoms. The van der Waals surface area contributed by atoms with E-state index >= 15 is 0 Å². The van der Waals surface area contributed by atoms with Crippen LogP contribution in [0.25, 0.3) is 11.6 Å². The van der Waals surface area contributed by atoms with Gasteiger partial charge in [0.1, 0.15) is 12.4 Å². The van der Waals surface area contributed by atoms with Crippen molar-refractivity contribution in [2.24, 2.45) is 0 Å². The zero-order valence-corrected chi connectivity index (χ0v) is 15.3. The van der Waals surface area contributed by atoms with Gasteiger partial charge in [0.25, 0.3) is 11.4 Å². The highest BCUT2D eigenvalue weighted by molar-refractivity contribution is 6.42. The minimum atomic E-state index is -5.01. The van der Waals surface area contributed by atoms with E-state index in [-0.39, 0.29) is 34.1 Å². The Labute approximate surface area is 164 Å². The van der Waals surface area contributed by atoms with Gasteiger partial charge in [0, 0.05) is 13.2 Å². The molecule has 2 heterocycles. The zero-order chi connectivity index (χ0) is 20.5. The molecule has 2 aromatic heterocycles. The monoisotopic (exact) mass is 436 g/mol. The van der Waals surface area contributed by atoms with Crippen molar-refractivity contribution in [2.45, 2.75) is 12.8 Å². The number of nitrogens with one attached hydrogen (secondary N) is 1. The summed E-state index contributed by atoms with van der Waals surface area (Å²) >= 11 is 11.6. The summed E-state index contributed by atoms with van der Waals surface area (Å²) in [5.74, 6) is -2.12. The summed E-state index contributed by atoms with van der Waals surface area (Å²) in [6, 6.07) is 3.71. The number of benzene rings is 1. The molecule has 8 nitrogen and oxygen atoms in total. The first-order valence-electron chi connectivity index (χ1n) is 7.35. The van der Waals surface area contributed by atoms with Crippen LogP contribution < -0.4 is 10.3 Å². The molecule has 3 rings (SSSR count). The second-order valence-corrected chi connectivity index (χ2v) is 6.03. The number of rotatable bonds is 5. The van der Waals surface area contributed by atoms with Crippen LogP contribution in [-0.4, -0.2) is 27.2 Å². The Morgan fingerprint density at radius 2 is 1.96 bits per heavy atom. The van der Waals surface area contributed by atoms with Crippen LogP contribution in [-0.2, 0) is 17.5 Å². The lowest BCUT2D eigenvalue weighted by Gasteiger charge is -2.13. The summed E-state index contributed by atoms with van der Waals surface area (Å²) < 4.78 is 55.1. The molecule has 148 valence electrons. The summed E-state index contributed by atoms with van der Waals surface area (Å²) in [6.07, 6.45) is -5.01. The Morgan fingerprint density at radius 3 is 2.61 bits per heavy atom. The first kappa shape index (κ1) is 20.1. The average Bonchev–Trinajstić information content (AvgIpc) is 3.07. The van der Waals surface area contributed by atoms with Gasteiger partial charge in [0.05, 0.1) is 10.0 Å². The number of alkyl halides is 3. The maximum absolute atomic E-state index is 13.5. The van der Waals surface area contributed by atoms with Crippen LogP contribution >= 0.6 is 23.2 Å². The molecule has 3 aromatic rings. The Bertz CT molecular complexity index is 1070. The fourth-order valence-corrected chi connectivity index (χ4v) is 2.33. The van der Waals surface area contributed by atoms with Gasteiger partial charge in [-0.25, -0.2) is 4.98 Å². The van der Waals surface area contributed by atoms with E-state index in [9.17, 15) is 18.0 Å². The van der Waals surface area contributed by atoms with E-state index in [2.05, 4.69) is 20.1 Å². The van der Waals surface area contributed by atoms with E-state index in [1.165, 1.54) is 19.2 Å².